The first-order chi connectivity index (χ1) is 8.19. The van der Waals surface area contributed by atoms with Gasteiger partial charge in [0.15, 0.2) is 0 Å². The van der Waals surface area contributed by atoms with Gasteiger partial charge in [0.05, 0.1) is 11.3 Å². The molecule has 0 bridgehead atoms. The molecule has 1 aromatic carbocycles. The largest absolute Gasteiger partial charge is 0.396 e. The zero-order valence-electron chi connectivity index (χ0n) is 10.6. The van der Waals surface area contributed by atoms with Gasteiger partial charge in [-0.15, -0.1) is 0 Å². The Morgan fingerprint density at radius 2 is 2.06 bits per heavy atom. The molecule has 0 saturated heterocycles. The lowest BCUT2D eigenvalue weighted by atomic mass is 10.1. The molecular formula is C14H20N2O. The molecule has 0 atom stereocenters. The standard InChI is InChI=1S/C14H20N2O/c1-12-6-7-14(13(10-12)11-15)16(2)8-4-3-5-9-17/h6-7,10,17H,3-5,8-9H2,1-2H3. The van der Waals surface area contributed by atoms with Crippen molar-refractivity contribution < 1.29 is 5.11 Å². The van der Waals surface area contributed by atoms with Gasteiger partial charge in [-0.3, -0.25) is 0 Å². The van der Waals surface area contributed by atoms with Gasteiger partial charge in [0.25, 0.3) is 0 Å². The Labute approximate surface area is 103 Å². The van der Waals surface area contributed by atoms with Gasteiger partial charge in [0.2, 0.25) is 0 Å². The van der Waals surface area contributed by atoms with Crippen LogP contribution in [0, 0.1) is 18.3 Å². The van der Waals surface area contributed by atoms with E-state index in [9.17, 15) is 0 Å². The van der Waals surface area contributed by atoms with Gasteiger partial charge in [-0.05, 0) is 43.9 Å². The van der Waals surface area contributed by atoms with Crippen molar-refractivity contribution in [2.75, 3.05) is 25.1 Å². The lowest BCUT2D eigenvalue weighted by Crippen LogP contribution is -2.19. The molecule has 0 radical (unpaired) electrons. The van der Waals surface area contributed by atoms with Crippen LogP contribution in [0.3, 0.4) is 0 Å². The molecule has 0 saturated carbocycles. The zero-order valence-corrected chi connectivity index (χ0v) is 10.6. The van der Waals surface area contributed by atoms with E-state index < -0.39 is 0 Å². The predicted octanol–water partition coefficient (Wildman–Crippen LogP) is 2.47. The summed E-state index contributed by atoms with van der Waals surface area (Å²) >= 11 is 0. The molecule has 0 fully saturated rings. The lowest BCUT2D eigenvalue weighted by molar-refractivity contribution is 0.283. The molecule has 92 valence electrons. The number of unbranched alkanes of at least 4 members (excludes halogenated alkanes) is 2. The molecule has 0 spiro atoms. The smallest absolute Gasteiger partial charge is 0.101 e. The SMILES string of the molecule is Cc1ccc(N(C)CCCCCO)c(C#N)c1. The van der Waals surface area contributed by atoms with Crippen LogP contribution in [-0.2, 0) is 0 Å². The van der Waals surface area contributed by atoms with Crippen molar-refractivity contribution >= 4 is 5.69 Å². The van der Waals surface area contributed by atoms with E-state index in [0.717, 1.165) is 42.6 Å². The summed E-state index contributed by atoms with van der Waals surface area (Å²) in [5.41, 5.74) is 2.83. The van der Waals surface area contributed by atoms with Crippen LogP contribution in [0.2, 0.25) is 0 Å². The van der Waals surface area contributed by atoms with Gasteiger partial charge in [-0.2, -0.15) is 5.26 Å². The molecule has 1 rings (SSSR count). The maximum absolute atomic E-state index is 9.09. The Hall–Kier alpha value is -1.53. The minimum atomic E-state index is 0.262. The molecule has 0 aliphatic heterocycles. The van der Waals surface area contributed by atoms with Gasteiger partial charge in [0.1, 0.15) is 6.07 Å². The van der Waals surface area contributed by atoms with E-state index in [1.165, 1.54) is 0 Å². The first-order valence-corrected chi connectivity index (χ1v) is 6.01. The number of hydrogen-bond acceptors (Lipinski definition) is 3. The van der Waals surface area contributed by atoms with E-state index in [0.29, 0.717) is 0 Å². The fraction of sp³-hybridized carbons (Fsp3) is 0.500. The monoisotopic (exact) mass is 232 g/mol. The summed E-state index contributed by atoms with van der Waals surface area (Å²) < 4.78 is 0. The highest BCUT2D eigenvalue weighted by Gasteiger charge is 2.06. The molecule has 1 aromatic rings. The first-order valence-electron chi connectivity index (χ1n) is 6.01. The molecule has 0 amide bonds. The van der Waals surface area contributed by atoms with Gasteiger partial charge in [-0.1, -0.05) is 6.07 Å². The van der Waals surface area contributed by atoms with Gasteiger partial charge < -0.3 is 10.0 Å². The van der Waals surface area contributed by atoms with Crippen molar-refractivity contribution in [2.45, 2.75) is 26.2 Å². The second-order valence-electron chi connectivity index (χ2n) is 4.34. The summed E-state index contributed by atoms with van der Waals surface area (Å²) in [6.45, 7) is 3.17. The van der Waals surface area contributed by atoms with Crippen molar-refractivity contribution in [3.63, 3.8) is 0 Å². The molecule has 0 aliphatic rings. The fourth-order valence-electron chi connectivity index (χ4n) is 1.83. The van der Waals surface area contributed by atoms with Crippen LogP contribution >= 0.6 is 0 Å². The van der Waals surface area contributed by atoms with Crippen LogP contribution < -0.4 is 4.90 Å². The number of hydrogen-bond donors (Lipinski definition) is 1. The summed E-state index contributed by atoms with van der Waals surface area (Å²) in [4.78, 5) is 2.11. The van der Waals surface area contributed by atoms with Crippen LogP contribution in [0.1, 0.15) is 30.4 Å². The predicted molar refractivity (Wildman–Crippen MR) is 70.1 cm³/mol. The van der Waals surface area contributed by atoms with E-state index in [1.807, 2.05) is 32.2 Å². The second-order valence-corrected chi connectivity index (χ2v) is 4.34. The van der Waals surface area contributed by atoms with E-state index in [4.69, 9.17) is 10.4 Å². The number of aliphatic hydroxyl groups is 1. The third kappa shape index (κ3) is 4.08. The molecular weight excluding hydrogens is 212 g/mol. The average molecular weight is 232 g/mol. The third-order valence-corrected chi connectivity index (χ3v) is 2.84. The topological polar surface area (TPSA) is 47.3 Å². The Morgan fingerprint density at radius 1 is 1.29 bits per heavy atom. The highest BCUT2D eigenvalue weighted by molar-refractivity contribution is 5.59. The van der Waals surface area contributed by atoms with E-state index in [-0.39, 0.29) is 6.61 Å². The van der Waals surface area contributed by atoms with Crippen molar-refractivity contribution in [2.24, 2.45) is 0 Å². The van der Waals surface area contributed by atoms with E-state index in [2.05, 4.69) is 11.0 Å². The van der Waals surface area contributed by atoms with Crippen molar-refractivity contribution in [1.29, 1.82) is 5.26 Å². The van der Waals surface area contributed by atoms with Crippen molar-refractivity contribution in [3.8, 4) is 6.07 Å². The summed E-state index contributed by atoms with van der Waals surface area (Å²) in [6.07, 6.45) is 2.91. The van der Waals surface area contributed by atoms with Crippen molar-refractivity contribution in [3.05, 3.63) is 29.3 Å². The normalized spacial score (nSPS) is 10.0. The Balaban J connectivity index is 2.62. The van der Waals surface area contributed by atoms with E-state index in [1.54, 1.807) is 0 Å². The van der Waals surface area contributed by atoms with Crippen LogP contribution in [0.5, 0.6) is 0 Å². The number of anilines is 1. The molecule has 0 heterocycles. The maximum Gasteiger partial charge on any atom is 0.101 e. The number of nitriles is 1. The number of rotatable bonds is 6. The highest BCUT2D eigenvalue weighted by atomic mass is 16.2. The van der Waals surface area contributed by atoms with Crippen molar-refractivity contribution in [1.82, 2.24) is 0 Å². The van der Waals surface area contributed by atoms with Crippen LogP contribution in [-0.4, -0.2) is 25.3 Å². The molecule has 0 aromatic heterocycles. The minimum absolute atomic E-state index is 0.262. The summed E-state index contributed by atoms with van der Waals surface area (Å²) in [5.74, 6) is 0. The van der Waals surface area contributed by atoms with Crippen LogP contribution in [0.4, 0.5) is 5.69 Å². The Morgan fingerprint density at radius 3 is 2.71 bits per heavy atom. The zero-order chi connectivity index (χ0) is 12.7. The molecule has 0 aliphatic carbocycles. The number of benzene rings is 1. The molecule has 17 heavy (non-hydrogen) atoms. The van der Waals surface area contributed by atoms with Gasteiger partial charge in [0, 0.05) is 20.2 Å². The highest BCUT2D eigenvalue weighted by Crippen LogP contribution is 2.20. The first kappa shape index (κ1) is 13.5. The average Bonchev–Trinajstić information content (AvgIpc) is 2.34. The Kier molecular flexibility index (Phi) is 5.51. The number of aryl methyl sites for hydroxylation is 1. The molecule has 0 unspecified atom stereocenters. The quantitative estimate of drug-likeness (QED) is 0.766. The maximum atomic E-state index is 9.09. The van der Waals surface area contributed by atoms with E-state index >= 15 is 0 Å². The number of aliphatic hydroxyl groups excluding tert-OH is 1. The number of nitrogens with zero attached hydrogens (tertiary/aromatic N) is 2. The van der Waals surface area contributed by atoms with Crippen LogP contribution in [0.15, 0.2) is 18.2 Å². The second kappa shape index (κ2) is 6.93. The summed E-state index contributed by atoms with van der Waals surface area (Å²) in [6, 6.07) is 8.18. The fourth-order valence-corrected chi connectivity index (χ4v) is 1.83. The summed E-state index contributed by atoms with van der Waals surface area (Å²) in [5, 5.41) is 17.8. The van der Waals surface area contributed by atoms with Gasteiger partial charge >= 0.3 is 0 Å². The minimum Gasteiger partial charge on any atom is -0.396 e. The Bertz CT molecular complexity index is 396. The molecule has 1 N–H and O–H groups in total. The molecule has 3 nitrogen and oxygen atoms in total. The molecule has 3 heteroatoms. The third-order valence-electron chi connectivity index (χ3n) is 2.84. The lowest BCUT2D eigenvalue weighted by Gasteiger charge is -2.20. The summed E-state index contributed by atoms with van der Waals surface area (Å²) in [7, 11) is 2.00. The van der Waals surface area contributed by atoms with Gasteiger partial charge in [-0.25, -0.2) is 0 Å². The van der Waals surface area contributed by atoms with Crippen LogP contribution in [0.25, 0.3) is 0 Å².